The number of piperazine rings is 1. The molecule has 2 aromatic carbocycles. The molecule has 1 aliphatic rings. The highest BCUT2D eigenvalue weighted by Gasteiger charge is 2.22. The first kappa shape index (κ1) is 20.8. The van der Waals surface area contributed by atoms with Crippen LogP contribution in [0.2, 0.25) is 0 Å². The van der Waals surface area contributed by atoms with Crippen molar-refractivity contribution in [3.63, 3.8) is 0 Å². The van der Waals surface area contributed by atoms with E-state index in [1.165, 1.54) is 5.56 Å². The van der Waals surface area contributed by atoms with Gasteiger partial charge in [-0.1, -0.05) is 30.3 Å². The molecular weight excluding hydrogens is 372 g/mol. The van der Waals surface area contributed by atoms with Crippen molar-refractivity contribution in [3.8, 4) is 23.0 Å². The minimum Gasteiger partial charge on any atom is -0.493 e. The third-order valence-electron chi connectivity index (χ3n) is 4.97. The molecule has 0 radical (unpaired) electrons. The van der Waals surface area contributed by atoms with Gasteiger partial charge in [-0.15, -0.1) is 0 Å². The zero-order valence-corrected chi connectivity index (χ0v) is 17.2. The summed E-state index contributed by atoms with van der Waals surface area (Å²) < 4.78 is 21.6. The standard InChI is InChI=1S/C22H28N2O5/c1-26-19-13-18(14-20(27-2)22(19)28-3)29-16-21(25)24-11-9-23(10-12-24)15-17-7-5-4-6-8-17/h4-8,13-14H,9-12,15-16H2,1-3H3. The van der Waals surface area contributed by atoms with Crippen LogP contribution in [0.3, 0.4) is 0 Å². The maximum Gasteiger partial charge on any atom is 0.260 e. The molecule has 0 aliphatic carbocycles. The Morgan fingerprint density at radius 1 is 0.897 bits per heavy atom. The zero-order valence-electron chi connectivity index (χ0n) is 17.2. The molecule has 0 aromatic heterocycles. The van der Waals surface area contributed by atoms with Gasteiger partial charge in [-0.2, -0.15) is 0 Å². The Balaban J connectivity index is 1.51. The van der Waals surface area contributed by atoms with Gasteiger partial charge in [-0.25, -0.2) is 0 Å². The Hall–Kier alpha value is -2.93. The number of hydrogen-bond acceptors (Lipinski definition) is 6. The minimum absolute atomic E-state index is 0.0295. The number of carbonyl (C=O) groups excluding carboxylic acids is 1. The molecule has 7 heteroatoms. The van der Waals surface area contributed by atoms with Crippen molar-refractivity contribution in [2.75, 3.05) is 54.1 Å². The van der Waals surface area contributed by atoms with E-state index in [1.54, 1.807) is 33.5 Å². The predicted octanol–water partition coefficient (Wildman–Crippen LogP) is 2.44. The number of nitrogens with zero attached hydrogens (tertiary/aromatic N) is 2. The van der Waals surface area contributed by atoms with Crippen LogP contribution in [0.5, 0.6) is 23.0 Å². The lowest BCUT2D eigenvalue weighted by Gasteiger charge is -2.34. The third-order valence-corrected chi connectivity index (χ3v) is 4.97. The fourth-order valence-corrected chi connectivity index (χ4v) is 3.37. The lowest BCUT2D eigenvalue weighted by atomic mass is 10.2. The average Bonchev–Trinajstić information content (AvgIpc) is 2.77. The second-order valence-corrected chi connectivity index (χ2v) is 6.79. The van der Waals surface area contributed by atoms with E-state index in [4.69, 9.17) is 18.9 Å². The fourth-order valence-electron chi connectivity index (χ4n) is 3.37. The molecule has 1 amide bonds. The molecule has 29 heavy (non-hydrogen) atoms. The average molecular weight is 400 g/mol. The van der Waals surface area contributed by atoms with Crippen LogP contribution >= 0.6 is 0 Å². The smallest absolute Gasteiger partial charge is 0.260 e. The van der Waals surface area contributed by atoms with Crippen molar-refractivity contribution in [2.45, 2.75) is 6.54 Å². The Morgan fingerprint density at radius 3 is 2.07 bits per heavy atom. The second-order valence-electron chi connectivity index (χ2n) is 6.79. The number of hydrogen-bond donors (Lipinski definition) is 0. The third kappa shape index (κ3) is 5.32. The first-order chi connectivity index (χ1) is 14.1. The second kappa shape index (κ2) is 10.0. The van der Waals surface area contributed by atoms with Gasteiger partial charge >= 0.3 is 0 Å². The monoisotopic (exact) mass is 400 g/mol. The molecule has 0 unspecified atom stereocenters. The van der Waals surface area contributed by atoms with Crippen LogP contribution in [0.25, 0.3) is 0 Å². The summed E-state index contributed by atoms with van der Waals surface area (Å²) in [4.78, 5) is 16.8. The van der Waals surface area contributed by atoms with Crippen LogP contribution in [-0.2, 0) is 11.3 Å². The summed E-state index contributed by atoms with van der Waals surface area (Å²) in [6, 6.07) is 13.8. The van der Waals surface area contributed by atoms with Gasteiger partial charge in [0.2, 0.25) is 5.75 Å². The zero-order chi connectivity index (χ0) is 20.6. The topological polar surface area (TPSA) is 60.5 Å². The Labute approximate surface area is 171 Å². The summed E-state index contributed by atoms with van der Waals surface area (Å²) in [5.74, 6) is 1.93. The molecular formula is C22H28N2O5. The van der Waals surface area contributed by atoms with E-state index >= 15 is 0 Å². The van der Waals surface area contributed by atoms with Gasteiger partial charge in [0.05, 0.1) is 21.3 Å². The maximum absolute atomic E-state index is 12.6. The van der Waals surface area contributed by atoms with Crippen molar-refractivity contribution in [1.82, 2.24) is 9.80 Å². The van der Waals surface area contributed by atoms with E-state index < -0.39 is 0 Å². The van der Waals surface area contributed by atoms with E-state index in [1.807, 2.05) is 11.0 Å². The lowest BCUT2D eigenvalue weighted by molar-refractivity contribution is -0.135. The Morgan fingerprint density at radius 2 is 1.52 bits per heavy atom. The first-order valence-electron chi connectivity index (χ1n) is 9.61. The number of ether oxygens (including phenoxy) is 4. The molecule has 1 saturated heterocycles. The van der Waals surface area contributed by atoms with Gasteiger partial charge in [0.15, 0.2) is 18.1 Å². The SMILES string of the molecule is COc1cc(OCC(=O)N2CCN(Cc3ccccc3)CC2)cc(OC)c1OC. The van der Waals surface area contributed by atoms with E-state index in [2.05, 4.69) is 29.2 Å². The van der Waals surface area contributed by atoms with Gasteiger partial charge in [0, 0.05) is 44.9 Å². The molecule has 156 valence electrons. The minimum atomic E-state index is -0.0304. The number of methoxy groups -OCH3 is 3. The molecule has 1 heterocycles. The summed E-state index contributed by atoms with van der Waals surface area (Å²) in [6.07, 6.45) is 0. The first-order valence-corrected chi connectivity index (χ1v) is 9.61. The van der Waals surface area contributed by atoms with E-state index in [9.17, 15) is 4.79 Å². The van der Waals surface area contributed by atoms with Gasteiger partial charge in [-0.05, 0) is 5.56 Å². The molecule has 1 aliphatic heterocycles. The highest BCUT2D eigenvalue weighted by Crippen LogP contribution is 2.40. The van der Waals surface area contributed by atoms with Crippen molar-refractivity contribution in [3.05, 3.63) is 48.0 Å². The fraction of sp³-hybridized carbons (Fsp3) is 0.409. The summed E-state index contributed by atoms with van der Waals surface area (Å²) in [5, 5.41) is 0. The highest BCUT2D eigenvalue weighted by atomic mass is 16.5. The largest absolute Gasteiger partial charge is 0.493 e. The highest BCUT2D eigenvalue weighted by molar-refractivity contribution is 5.78. The van der Waals surface area contributed by atoms with Gasteiger partial charge in [-0.3, -0.25) is 9.69 Å². The summed E-state index contributed by atoms with van der Waals surface area (Å²) in [7, 11) is 4.63. The van der Waals surface area contributed by atoms with Crippen LogP contribution in [-0.4, -0.2) is 69.8 Å². The quantitative estimate of drug-likeness (QED) is 0.678. The molecule has 3 rings (SSSR count). The van der Waals surface area contributed by atoms with Crippen molar-refractivity contribution >= 4 is 5.91 Å². The molecule has 0 spiro atoms. The molecule has 0 N–H and O–H groups in total. The maximum atomic E-state index is 12.6. The molecule has 0 bridgehead atoms. The van der Waals surface area contributed by atoms with Crippen LogP contribution in [0.1, 0.15) is 5.56 Å². The van der Waals surface area contributed by atoms with E-state index in [0.29, 0.717) is 36.1 Å². The van der Waals surface area contributed by atoms with Gasteiger partial charge < -0.3 is 23.8 Å². The number of rotatable bonds is 8. The summed E-state index contributed by atoms with van der Waals surface area (Å²) >= 11 is 0. The normalized spacial score (nSPS) is 14.4. The van der Waals surface area contributed by atoms with Gasteiger partial charge in [0.1, 0.15) is 5.75 Å². The Kier molecular flexibility index (Phi) is 7.19. The molecule has 7 nitrogen and oxygen atoms in total. The predicted molar refractivity (Wildman–Crippen MR) is 110 cm³/mol. The van der Waals surface area contributed by atoms with E-state index in [-0.39, 0.29) is 12.5 Å². The molecule has 0 saturated carbocycles. The van der Waals surface area contributed by atoms with Crippen LogP contribution < -0.4 is 18.9 Å². The number of amides is 1. The van der Waals surface area contributed by atoms with Crippen LogP contribution in [0, 0.1) is 0 Å². The number of carbonyl (C=O) groups is 1. The summed E-state index contributed by atoms with van der Waals surface area (Å²) in [5.41, 5.74) is 1.29. The lowest BCUT2D eigenvalue weighted by Crippen LogP contribution is -2.49. The number of benzene rings is 2. The van der Waals surface area contributed by atoms with Crippen molar-refractivity contribution in [2.24, 2.45) is 0 Å². The van der Waals surface area contributed by atoms with Crippen molar-refractivity contribution in [1.29, 1.82) is 0 Å². The molecule has 2 aromatic rings. The van der Waals surface area contributed by atoms with Crippen LogP contribution in [0.15, 0.2) is 42.5 Å². The van der Waals surface area contributed by atoms with Crippen molar-refractivity contribution < 1.29 is 23.7 Å². The summed E-state index contributed by atoms with van der Waals surface area (Å²) in [6.45, 7) is 3.98. The van der Waals surface area contributed by atoms with E-state index in [0.717, 1.165) is 19.6 Å². The molecule has 0 atom stereocenters. The van der Waals surface area contributed by atoms with Crippen LogP contribution in [0.4, 0.5) is 0 Å². The van der Waals surface area contributed by atoms with Gasteiger partial charge in [0.25, 0.3) is 5.91 Å². The molecule has 1 fully saturated rings. The Bertz CT molecular complexity index is 779.